The van der Waals surface area contributed by atoms with Crippen molar-refractivity contribution in [1.82, 2.24) is 0 Å². The molecule has 2 aliphatic carbocycles. The van der Waals surface area contributed by atoms with Crippen LogP contribution in [0.3, 0.4) is 0 Å². The third kappa shape index (κ3) is 8.69. The van der Waals surface area contributed by atoms with Crippen LogP contribution < -0.4 is 0 Å². The Labute approximate surface area is 259 Å². The lowest BCUT2D eigenvalue weighted by Gasteiger charge is -2.26. The van der Waals surface area contributed by atoms with E-state index < -0.39 is 0 Å². The smallest absolute Gasteiger partial charge is 0.145 e. The fourth-order valence-electron chi connectivity index (χ4n) is 7.59. The molecule has 4 heteroatoms. The minimum Gasteiger partial charge on any atom is -0.372 e. The molecule has 0 bridgehead atoms. The minimum absolute atomic E-state index is 0.0175. The first-order chi connectivity index (χ1) is 21.1. The third-order valence-corrected chi connectivity index (χ3v) is 10.5. The predicted octanol–water partition coefficient (Wildman–Crippen LogP) is 8.88. The van der Waals surface area contributed by atoms with Crippen molar-refractivity contribution in [3.8, 4) is 0 Å². The van der Waals surface area contributed by atoms with Crippen LogP contribution in [0.25, 0.3) is 12.2 Å². The third-order valence-electron chi connectivity index (χ3n) is 10.5. The summed E-state index contributed by atoms with van der Waals surface area (Å²) in [4.78, 5) is 11.3. The van der Waals surface area contributed by atoms with Gasteiger partial charge in [0.05, 0.1) is 19.3 Å². The maximum absolute atomic E-state index is 6.10. The molecule has 2 aromatic carbocycles. The Bertz CT molecular complexity index is 1170. The van der Waals surface area contributed by atoms with Crippen molar-refractivity contribution in [2.75, 3.05) is 19.8 Å². The summed E-state index contributed by atoms with van der Waals surface area (Å²) in [5.41, 5.74) is 5.34. The highest BCUT2D eigenvalue weighted by Gasteiger charge is 2.48. The molecule has 2 aliphatic heterocycles. The van der Waals surface area contributed by atoms with Gasteiger partial charge in [0.15, 0.2) is 0 Å². The van der Waals surface area contributed by atoms with Gasteiger partial charge in [-0.2, -0.15) is 0 Å². The quantitative estimate of drug-likeness (QED) is 0.150. The van der Waals surface area contributed by atoms with Gasteiger partial charge in [0.25, 0.3) is 0 Å². The summed E-state index contributed by atoms with van der Waals surface area (Å²) in [6.45, 7) is 6.33. The fraction of sp³-hybridized carbons (Fsp3) is 0.590. The molecular formula is C39H52O4. The van der Waals surface area contributed by atoms with Crippen LogP contribution in [0.1, 0.15) is 87.5 Å². The van der Waals surface area contributed by atoms with E-state index in [1.165, 1.54) is 86.5 Å². The number of fused-ring (bicyclic) bond motifs is 1. The molecule has 4 aliphatic rings. The monoisotopic (exact) mass is 584 g/mol. The van der Waals surface area contributed by atoms with E-state index in [9.17, 15) is 0 Å². The maximum atomic E-state index is 6.10. The molecule has 6 rings (SSSR count). The van der Waals surface area contributed by atoms with Crippen molar-refractivity contribution in [3.63, 3.8) is 0 Å². The summed E-state index contributed by atoms with van der Waals surface area (Å²) in [7, 11) is 0. The summed E-state index contributed by atoms with van der Waals surface area (Å²) in [5, 5.41) is 0. The molecule has 2 saturated heterocycles. The van der Waals surface area contributed by atoms with Gasteiger partial charge < -0.3 is 9.47 Å². The summed E-state index contributed by atoms with van der Waals surface area (Å²) in [5.74, 6) is 3.77. The maximum Gasteiger partial charge on any atom is 0.145 e. The van der Waals surface area contributed by atoms with Crippen LogP contribution in [0.15, 0.2) is 60.7 Å². The van der Waals surface area contributed by atoms with E-state index in [1.54, 1.807) is 0 Å². The summed E-state index contributed by atoms with van der Waals surface area (Å²) in [6, 6.07) is 18.1. The van der Waals surface area contributed by atoms with E-state index in [0.29, 0.717) is 19.8 Å². The average molecular weight is 585 g/mol. The Morgan fingerprint density at radius 1 is 0.651 bits per heavy atom. The van der Waals surface area contributed by atoms with Crippen LogP contribution >= 0.6 is 0 Å². The highest BCUT2D eigenvalue weighted by Crippen LogP contribution is 2.35. The van der Waals surface area contributed by atoms with Crippen molar-refractivity contribution in [2.45, 2.75) is 96.4 Å². The van der Waals surface area contributed by atoms with Gasteiger partial charge in [0, 0.05) is 5.92 Å². The van der Waals surface area contributed by atoms with Crippen molar-refractivity contribution < 1.29 is 19.2 Å². The Kier molecular flexibility index (Phi) is 10.9. The number of ether oxygens (including phenoxy) is 2. The second-order valence-corrected chi connectivity index (χ2v) is 14.1. The van der Waals surface area contributed by atoms with Gasteiger partial charge in [0.2, 0.25) is 0 Å². The molecular weight excluding hydrogens is 532 g/mol. The van der Waals surface area contributed by atoms with E-state index in [0.717, 1.165) is 23.7 Å². The Balaban J connectivity index is 0.891. The topological polar surface area (TPSA) is 36.9 Å². The minimum atomic E-state index is -0.194. The standard InChI is InChI=1S/C39H52O4/c1-28-5-9-32(10-6-28)24-34-17-13-30(14-18-34)4-3-23-42-43-37-27-41-38-36(26-40-39(37)38)22-21-31-15-19-35(20-16-31)25-33-11-7-29(2)8-12-33/h3-4,13-22,28-29,32-33,36-39H,5-12,23-27H2,1-2H3/t28?,29?,32?,33?,36-,37+,38-,39-/m1/s1. The molecule has 2 saturated carbocycles. The number of hydrogen-bond acceptors (Lipinski definition) is 4. The van der Waals surface area contributed by atoms with E-state index in [-0.39, 0.29) is 24.2 Å². The van der Waals surface area contributed by atoms with Crippen molar-refractivity contribution in [1.29, 1.82) is 0 Å². The molecule has 0 radical (unpaired) electrons. The average Bonchev–Trinajstić information content (AvgIpc) is 3.62. The molecule has 0 amide bonds. The zero-order chi connectivity index (χ0) is 29.4. The van der Waals surface area contributed by atoms with Gasteiger partial charge in [-0.15, -0.1) is 0 Å². The largest absolute Gasteiger partial charge is 0.372 e. The molecule has 0 N–H and O–H groups in total. The molecule has 0 aromatic heterocycles. The number of rotatable bonds is 11. The van der Waals surface area contributed by atoms with Crippen molar-refractivity contribution in [2.24, 2.45) is 29.6 Å². The van der Waals surface area contributed by atoms with Crippen LogP contribution in [0.4, 0.5) is 0 Å². The normalized spacial score (nSPS) is 33.0. The van der Waals surface area contributed by atoms with E-state index >= 15 is 0 Å². The number of benzene rings is 2. The number of hydrogen-bond donors (Lipinski definition) is 0. The first kappa shape index (κ1) is 30.8. The van der Waals surface area contributed by atoms with Crippen molar-refractivity contribution in [3.05, 3.63) is 82.9 Å². The van der Waals surface area contributed by atoms with Gasteiger partial charge in [-0.1, -0.05) is 112 Å². The lowest BCUT2D eigenvalue weighted by molar-refractivity contribution is -0.326. The van der Waals surface area contributed by atoms with Crippen LogP contribution in [0.5, 0.6) is 0 Å². The van der Waals surface area contributed by atoms with E-state index in [1.807, 2.05) is 6.08 Å². The second-order valence-electron chi connectivity index (χ2n) is 14.1. The van der Waals surface area contributed by atoms with Gasteiger partial charge in [-0.25, -0.2) is 9.78 Å². The summed E-state index contributed by atoms with van der Waals surface area (Å²) < 4.78 is 12.2. The first-order valence-corrected chi connectivity index (χ1v) is 17.1. The van der Waals surface area contributed by atoms with E-state index in [4.69, 9.17) is 19.2 Å². The molecule has 2 aromatic rings. The fourth-order valence-corrected chi connectivity index (χ4v) is 7.59. The van der Waals surface area contributed by atoms with Crippen LogP contribution in [-0.2, 0) is 32.1 Å². The summed E-state index contributed by atoms with van der Waals surface area (Å²) in [6.07, 6.45) is 21.8. The Morgan fingerprint density at radius 3 is 1.77 bits per heavy atom. The first-order valence-electron chi connectivity index (χ1n) is 17.1. The van der Waals surface area contributed by atoms with Crippen LogP contribution in [0, 0.1) is 29.6 Å². The summed E-state index contributed by atoms with van der Waals surface area (Å²) >= 11 is 0. The predicted molar refractivity (Wildman–Crippen MR) is 174 cm³/mol. The van der Waals surface area contributed by atoms with Crippen molar-refractivity contribution >= 4 is 12.2 Å². The molecule has 4 nitrogen and oxygen atoms in total. The molecule has 4 atom stereocenters. The highest BCUT2D eigenvalue weighted by molar-refractivity contribution is 5.51. The lowest BCUT2D eigenvalue weighted by atomic mass is 9.80. The van der Waals surface area contributed by atoms with E-state index in [2.05, 4.69) is 80.6 Å². The molecule has 232 valence electrons. The van der Waals surface area contributed by atoms with Gasteiger partial charge in [-0.3, -0.25) is 0 Å². The van der Waals surface area contributed by atoms with Gasteiger partial charge in [0.1, 0.15) is 18.8 Å². The highest BCUT2D eigenvalue weighted by atomic mass is 17.2. The second kappa shape index (κ2) is 15.2. The molecule has 43 heavy (non-hydrogen) atoms. The van der Waals surface area contributed by atoms with Crippen LogP contribution in [-0.4, -0.2) is 38.1 Å². The zero-order valence-corrected chi connectivity index (χ0v) is 26.4. The SMILES string of the molecule is CC1CCC(Cc2ccc(C=CCOO[C@H]3CO[C@H]4[C@@H]3OC[C@H]4C=Cc3ccc(CC4CCC(C)CC4)cc3)cc2)CC1. The molecule has 0 unspecified atom stereocenters. The molecule has 4 fully saturated rings. The Hall–Kier alpha value is -2.24. The Morgan fingerprint density at radius 2 is 1.19 bits per heavy atom. The van der Waals surface area contributed by atoms with Gasteiger partial charge >= 0.3 is 0 Å². The van der Waals surface area contributed by atoms with Gasteiger partial charge in [-0.05, 0) is 84.5 Å². The zero-order valence-electron chi connectivity index (χ0n) is 26.4. The lowest BCUT2D eigenvalue weighted by Crippen LogP contribution is -2.31. The van der Waals surface area contributed by atoms with Crippen LogP contribution in [0.2, 0.25) is 0 Å². The molecule has 0 spiro atoms. The molecule has 2 heterocycles.